The van der Waals surface area contributed by atoms with E-state index in [0.29, 0.717) is 27.7 Å². The lowest BCUT2D eigenvalue weighted by Crippen LogP contribution is -2.27. The van der Waals surface area contributed by atoms with E-state index in [0.717, 1.165) is 4.73 Å². The van der Waals surface area contributed by atoms with Gasteiger partial charge < -0.3 is 5.21 Å². The molecular formula is C19H18FN3O2. The third-order valence-corrected chi connectivity index (χ3v) is 3.93. The Morgan fingerprint density at radius 3 is 2.52 bits per heavy atom. The largest absolute Gasteiger partial charge is 0.425 e. The molecule has 1 N–H and O–H groups in total. The Bertz CT molecular complexity index is 1040. The van der Waals surface area contributed by atoms with Gasteiger partial charge in [0.15, 0.2) is 0 Å². The van der Waals surface area contributed by atoms with Crippen molar-refractivity contribution < 1.29 is 14.4 Å². The number of aromatic nitrogens is 2. The molecule has 1 amide bonds. The Morgan fingerprint density at radius 2 is 1.88 bits per heavy atom. The van der Waals surface area contributed by atoms with Crippen molar-refractivity contribution in [2.24, 2.45) is 4.99 Å². The molecule has 0 aliphatic heterocycles. The molecule has 0 spiro atoms. The average Bonchev–Trinajstić information content (AvgIpc) is 2.57. The van der Waals surface area contributed by atoms with Crippen LogP contribution in [-0.4, -0.2) is 20.8 Å². The number of rotatable bonds is 2. The summed E-state index contributed by atoms with van der Waals surface area (Å²) in [6.45, 7) is 5.11. The molecule has 25 heavy (non-hydrogen) atoms. The summed E-state index contributed by atoms with van der Waals surface area (Å²) in [5, 5.41) is 11.5. The van der Waals surface area contributed by atoms with E-state index in [1.165, 1.54) is 13.0 Å². The summed E-state index contributed by atoms with van der Waals surface area (Å²) in [5.74, 6) is -0.810. The minimum absolute atomic E-state index is 0.0284. The molecular weight excluding hydrogens is 321 g/mol. The van der Waals surface area contributed by atoms with E-state index in [1.807, 2.05) is 26.0 Å². The van der Waals surface area contributed by atoms with Crippen molar-refractivity contribution in [3.63, 3.8) is 0 Å². The second-order valence-electron chi connectivity index (χ2n) is 6.10. The monoisotopic (exact) mass is 339 g/mol. The number of benzene rings is 2. The molecule has 3 rings (SSSR count). The van der Waals surface area contributed by atoms with Crippen LogP contribution in [0, 0.1) is 5.82 Å². The molecule has 0 saturated heterocycles. The van der Waals surface area contributed by atoms with Gasteiger partial charge in [-0.1, -0.05) is 38.1 Å². The van der Waals surface area contributed by atoms with Crippen LogP contribution >= 0.6 is 0 Å². The zero-order valence-corrected chi connectivity index (χ0v) is 14.2. The summed E-state index contributed by atoms with van der Waals surface area (Å²) in [6.07, 6.45) is 0. The molecule has 1 heterocycles. The van der Waals surface area contributed by atoms with Crippen molar-refractivity contribution in [1.82, 2.24) is 9.71 Å². The van der Waals surface area contributed by atoms with E-state index in [-0.39, 0.29) is 17.4 Å². The molecule has 0 unspecified atom stereocenters. The average molecular weight is 339 g/mol. The molecule has 3 aromatic rings. The maximum atomic E-state index is 14.1. The fourth-order valence-electron chi connectivity index (χ4n) is 2.75. The first-order chi connectivity index (χ1) is 11.9. The van der Waals surface area contributed by atoms with Crippen molar-refractivity contribution >= 4 is 16.7 Å². The van der Waals surface area contributed by atoms with Crippen molar-refractivity contribution in [1.29, 1.82) is 0 Å². The first-order valence-electron chi connectivity index (χ1n) is 7.94. The first-order valence-corrected chi connectivity index (χ1v) is 7.94. The summed E-state index contributed by atoms with van der Waals surface area (Å²) in [6, 6.07) is 11.9. The van der Waals surface area contributed by atoms with E-state index in [9.17, 15) is 14.4 Å². The smallest absolute Gasteiger partial charge is 0.266 e. The molecule has 5 nitrogen and oxygen atoms in total. The van der Waals surface area contributed by atoms with Gasteiger partial charge in [0.1, 0.15) is 5.82 Å². The van der Waals surface area contributed by atoms with Gasteiger partial charge in [0.05, 0.1) is 11.4 Å². The van der Waals surface area contributed by atoms with E-state index in [2.05, 4.69) is 9.98 Å². The number of fused-ring (bicyclic) bond motifs is 1. The van der Waals surface area contributed by atoms with Crippen LogP contribution in [0.5, 0.6) is 0 Å². The Balaban J connectivity index is 2.37. The zero-order valence-electron chi connectivity index (χ0n) is 14.2. The van der Waals surface area contributed by atoms with Gasteiger partial charge in [-0.3, -0.25) is 4.79 Å². The highest BCUT2D eigenvalue weighted by molar-refractivity contribution is 5.96. The lowest BCUT2D eigenvalue weighted by atomic mass is 10.00. The second-order valence-corrected chi connectivity index (χ2v) is 6.10. The highest BCUT2D eigenvalue weighted by Crippen LogP contribution is 2.29. The molecule has 128 valence electrons. The third-order valence-electron chi connectivity index (χ3n) is 3.93. The highest BCUT2D eigenvalue weighted by Gasteiger charge is 2.14. The zero-order chi connectivity index (χ0) is 18.1. The second kappa shape index (κ2) is 6.47. The Labute approximate surface area is 144 Å². The standard InChI is InChI=1S/C19H18FN3O2/c1-11(2)18-10-17(22-19(23(18)25)21-12(3)24)15-8-9-16(20)14-7-5-4-6-13(14)15/h4-11,25H,1-3H3. The maximum Gasteiger partial charge on any atom is 0.266 e. The predicted octanol–water partition coefficient (Wildman–Crippen LogP) is 3.65. The Morgan fingerprint density at radius 1 is 1.20 bits per heavy atom. The van der Waals surface area contributed by atoms with Gasteiger partial charge in [0, 0.05) is 17.9 Å². The number of carbonyl (C=O) groups excluding carboxylic acids is 1. The molecule has 2 aromatic carbocycles. The van der Waals surface area contributed by atoms with Crippen LogP contribution in [0.15, 0.2) is 47.5 Å². The number of amides is 1. The molecule has 0 fully saturated rings. The number of hydrogen-bond acceptors (Lipinski definition) is 3. The van der Waals surface area contributed by atoms with Gasteiger partial charge >= 0.3 is 0 Å². The van der Waals surface area contributed by atoms with Gasteiger partial charge in [-0.25, -0.2) is 9.37 Å². The van der Waals surface area contributed by atoms with E-state index in [4.69, 9.17) is 0 Å². The van der Waals surface area contributed by atoms with E-state index < -0.39 is 5.91 Å². The summed E-state index contributed by atoms with van der Waals surface area (Å²) in [4.78, 5) is 19.5. The van der Waals surface area contributed by atoms with Crippen LogP contribution in [0.2, 0.25) is 0 Å². The van der Waals surface area contributed by atoms with Crippen molar-refractivity contribution in [2.45, 2.75) is 26.7 Å². The van der Waals surface area contributed by atoms with Crippen LogP contribution in [-0.2, 0) is 4.79 Å². The van der Waals surface area contributed by atoms with Crippen LogP contribution in [0.4, 0.5) is 4.39 Å². The quantitative estimate of drug-likeness (QED) is 0.725. The lowest BCUT2D eigenvalue weighted by molar-refractivity contribution is -0.116. The minimum atomic E-state index is -0.467. The number of halogens is 1. The molecule has 0 aliphatic carbocycles. The molecule has 6 heteroatoms. The summed E-state index contributed by atoms with van der Waals surface area (Å²) in [7, 11) is 0. The van der Waals surface area contributed by atoms with Gasteiger partial charge in [-0.2, -0.15) is 9.72 Å². The summed E-state index contributed by atoms with van der Waals surface area (Å²) < 4.78 is 14.9. The summed E-state index contributed by atoms with van der Waals surface area (Å²) in [5.41, 5.74) is 1.69. The van der Waals surface area contributed by atoms with Crippen LogP contribution < -0.4 is 5.62 Å². The van der Waals surface area contributed by atoms with Crippen molar-refractivity contribution in [3.05, 3.63) is 59.6 Å². The van der Waals surface area contributed by atoms with Crippen molar-refractivity contribution in [2.75, 3.05) is 0 Å². The van der Waals surface area contributed by atoms with E-state index in [1.54, 1.807) is 24.3 Å². The fraction of sp³-hybridized carbons (Fsp3) is 0.211. The normalized spacial score (nSPS) is 12.1. The number of nitrogens with zero attached hydrogens (tertiary/aromatic N) is 3. The molecule has 0 saturated carbocycles. The van der Waals surface area contributed by atoms with E-state index >= 15 is 0 Å². The van der Waals surface area contributed by atoms with Crippen LogP contribution in [0.1, 0.15) is 32.4 Å². The fourth-order valence-corrected chi connectivity index (χ4v) is 2.75. The predicted molar refractivity (Wildman–Crippen MR) is 92.6 cm³/mol. The Kier molecular flexibility index (Phi) is 4.35. The molecule has 0 radical (unpaired) electrons. The number of carbonyl (C=O) groups is 1. The molecule has 0 aliphatic rings. The third kappa shape index (κ3) is 3.15. The molecule has 1 aromatic heterocycles. The van der Waals surface area contributed by atoms with Gasteiger partial charge in [0.2, 0.25) is 5.91 Å². The van der Waals surface area contributed by atoms with Gasteiger partial charge in [-0.05, 0) is 29.5 Å². The molecule has 0 bridgehead atoms. The summed E-state index contributed by atoms with van der Waals surface area (Å²) >= 11 is 0. The van der Waals surface area contributed by atoms with Crippen molar-refractivity contribution in [3.8, 4) is 11.3 Å². The maximum absolute atomic E-state index is 14.1. The lowest BCUT2D eigenvalue weighted by Gasteiger charge is -2.14. The van der Waals surface area contributed by atoms with Crippen LogP contribution in [0.25, 0.3) is 22.0 Å². The topological polar surface area (TPSA) is 67.5 Å². The SMILES string of the molecule is CC(=O)N=c1nc(-c2ccc(F)c3ccccc23)cc(C(C)C)n1O. The number of hydrogen-bond donors (Lipinski definition) is 1. The van der Waals surface area contributed by atoms with Crippen LogP contribution in [0.3, 0.4) is 0 Å². The Hall–Kier alpha value is -3.02. The first kappa shape index (κ1) is 16.8. The minimum Gasteiger partial charge on any atom is -0.425 e. The molecule has 0 atom stereocenters. The van der Waals surface area contributed by atoms with Gasteiger partial charge in [-0.15, -0.1) is 0 Å². The van der Waals surface area contributed by atoms with Gasteiger partial charge in [0.25, 0.3) is 5.62 Å². The highest BCUT2D eigenvalue weighted by atomic mass is 19.1.